The first kappa shape index (κ1) is 18.1. The Balaban J connectivity index is 1.54. The number of aromatic nitrogens is 2. The number of anilines is 1. The second-order valence-electron chi connectivity index (χ2n) is 7.01. The zero-order valence-electron chi connectivity index (χ0n) is 16.2. The highest BCUT2D eigenvalue weighted by molar-refractivity contribution is 5.89. The first-order valence-electron chi connectivity index (χ1n) is 9.47. The number of nitrogens with zero attached hydrogens (tertiary/aromatic N) is 3. The maximum Gasteiger partial charge on any atom is 0.323 e. The molecule has 28 heavy (non-hydrogen) atoms. The summed E-state index contributed by atoms with van der Waals surface area (Å²) in [5.41, 5.74) is 4.22. The zero-order valence-corrected chi connectivity index (χ0v) is 16.2. The predicted molar refractivity (Wildman–Crippen MR) is 109 cm³/mol. The summed E-state index contributed by atoms with van der Waals surface area (Å²) >= 11 is 0. The number of methoxy groups -OCH3 is 1. The van der Waals surface area contributed by atoms with Gasteiger partial charge in [0.2, 0.25) is 0 Å². The molecule has 0 bridgehead atoms. The standard InChI is InChI=1S/C22H24N4O2/c1-25(15-16-11-13-18(28-2)14-12-16)22(27)23-21-19-9-6-10-20(19)24-26(21)17-7-4-3-5-8-17/h3-5,7-8,11-14H,6,9-10,15H2,1-2H3,(H,23,27). The van der Waals surface area contributed by atoms with Gasteiger partial charge in [-0.15, -0.1) is 0 Å². The summed E-state index contributed by atoms with van der Waals surface area (Å²) in [6.45, 7) is 0.511. The van der Waals surface area contributed by atoms with Gasteiger partial charge in [0, 0.05) is 19.2 Å². The predicted octanol–water partition coefficient (Wildman–Crippen LogP) is 4.03. The molecule has 2 aromatic carbocycles. The number of hydrogen-bond acceptors (Lipinski definition) is 3. The van der Waals surface area contributed by atoms with Crippen molar-refractivity contribution in [1.29, 1.82) is 0 Å². The van der Waals surface area contributed by atoms with Crippen molar-refractivity contribution in [2.75, 3.05) is 19.5 Å². The van der Waals surface area contributed by atoms with Crippen LogP contribution in [-0.2, 0) is 19.4 Å². The number of urea groups is 1. The van der Waals surface area contributed by atoms with Crippen molar-refractivity contribution < 1.29 is 9.53 Å². The molecule has 1 N–H and O–H groups in total. The fourth-order valence-corrected chi connectivity index (χ4v) is 3.55. The monoisotopic (exact) mass is 376 g/mol. The molecule has 144 valence electrons. The van der Waals surface area contributed by atoms with Gasteiger partial charge in [0.1, 0.15) is 11.6 Å². The summed E-state index contributed by atoms with van der Waals surface area (Å²) in [6, 6.07) is 17.5. The highest BCUT2D eigenvalue weighted by Crippen LogP contribution is 2.31. The van der Waals surface area contributed by atoms with Crippen LogP contribution >= 0.6 is 0 Å². The first-order valence-corrected chi connectivity index (χ1v) is 9.47. The minimum Gasteiger partial charge on any atom is -0.497 e. The van der Waals surface area contributed by atoms with E-state index in [9.17, 15) is 4.79 Å². The van der Waals surface area contributed by atoms with Crippen molar-refractivity contribution >= 4 is 11.8 Å². The summed E-state index contributed by atoms with van der Waals surface area (Å²) in [6.07, 6.45) is 2.98. The van der Waals surface area contributed by atoms with Crippen LogP contribution in [0.1, 0.15) is 23.2 Å². The van der Waals surface area contributed by atoms with Crippen LogP contribution in [0.5, 0.6) is 5.75 Å². The van der Waals surface area contributed by atoms with Crippen LogP contribution in [0.15, 0.2) is 54.6 Å². The third-order valence-electron chi connectivity index (χ3n) is 5.06. The van der Waals surface area contributed by atoms with Crippen molar-refractivity contribution in [1.82, 2.24) is 14.7 Å². The number of carbonyl (C=O) groups excluding carboxylic acids is 1. The number of hydrogen-bond donors (Lipinski definition) is 1. The second-order valence-corrected chi connectivity index (χ2v) is 7.01. The van der Waals surface area contributed by atoms with Crippen LogP contribution in [0.4, 0.5) is 10.6 Å². The molecular formula is C22H24N4O2. The van der Waals surface area contributed by atoms with Gasteiger partial charge in [0.15, 0.2) is 0 Å². The lowest BCUT2D eigenvalue weighted by Gasteiger charge is -2.19. The number of ether oxygens (including phenoxy) is 1. The van der Waals surface area contributed by atoms with E-state index in [0.29, 0.717) is 6.54 Å². The topological polar surface area (TPSA) is 59.4 Å². The lowest BCUT2D eigenvalue weighted by molar-refractivity contribution is 0.220. The van der Waals surface area contributed by atoms with E-state index in [1.165, 1.54) is 0 Å². The number of carbonyl (C=O) groups is 1. The molecule has 0 saturated heterocycles. The Morgan fingerprint density at radius 1 is 1.14 bits per heavy atom. The van der Waals surface area contributed by atoms with Gasteiger partial charge in [0.05, 0.1) is 18.5 Å². The molecule has 6 nitrogen and oxygen atoms in total. The quantitative estimate of drug-likeness (QED) is 0.731. The van der Waals surface area contributed by atoms with Gasteiger partial charge in [-0.05, 0) is 49.1 Å². The second kappa shape index (κ2) is 7.76. The summed E-state index contributed by atoms with van der Waals surface area (Å²) in [7, 11) is 3.44. The number of amides is 2. The van der Waals surface area contributed by atoms with Crippen LogP contribution in [0.2, 0.25) is 0 Å². The smallest absolute Gasteiger partial charge is 0.323 e. The summed E-state index contributed by atoms with van der Waals surface area (Å²) in [5, 5.41) is 7.84. The van der Waals surface area contributed by atoms with Gasteiger partial charge >= 0.3 is 6.03 Å². The molecule has 1 heterocycles. The molecule has 1 aliphatic rings. The van der Waals surface area contributed by atoms with Crippen molar-refractivity contribution in [3.05, 3.63) is 71.4 Å². The van der Waals surface area contributed by atoms with Crippen molar-refractivity contribution in [2.45, 2.75) is 25.8 Å². The number of aryl methyl sites for hydroxylation is 1. The van der Waals surface area contributed by atoms with E-state index in [-0.39, 0.29) is 6.03 Å². The molecule has 0 radical (unpaired) electrons. The van der Waals surface area contributed by atoms with Crippen molar-refractivity contribution in [3.63, 3.8) is 0 Å². The molecule has 0 unspecified atom stereocenters. The third-order valence-corrected chi connectivity index (χ3v) is 5.06. The van der Waals surface area contributed by atoms with Crippen LogP contribution in [0.3, 0.4) is 0 Å². The Morgan fingerprint density at radius 2 is 1.89 bits per heavy atom. The maximum absolute atomic E-state index is 12.9. The zero-order chi connectivity index (χ0) is 19.5. The lowest BCUT2D eigenvalue weighted by Crippen LogP contribution is -2.32. The van der Waals surface area contributed by atoms with Gasteiger partial charge < -0.3 is 9.64 Å². The Kier molecular flexibility index (Phi) is 5.02. The molecule has 0 atom stereocenters. The average molecular weight is 376 g/mol. The largest absolute Gasteiger partial charge is 0.497 e. The van der Waals surface area contributed by atoms with Crippen LogP contribution in [-0.4, -0.2) is 34.9 Å². The van der Waals surface area contributed by atoms with E-state index >= 15 is 0 Å². The average Bonchev–Trinajstić information content (AvgIpc) is 3.32. The summed E-state index contributed by atoms with van der Waals surface area (Å²) in [5.74, 6) is 1.59. The maximum atomic E-state index is 12.9. The Labute approximate surface area is 164 Å². The summed E-state index contributed by atoms with van der Waals surface area (Å²) < 4.78 is 7.04. The minimum atomic E-state index is -0.150. The summed E-state index contributed by atoms with van der Waals surface area (Å²) in [4.78, 5) is 14.5. The third kappa shape index (κ3) is 3.58. The molecule has 0 fully saturated rings. The Bertz CT molecular complexity index is 964. The van der Waals surface area contributed by atoms with E-state index < -0.39 is 0 Å². The van der Waals surface area contributed by atoms with E-state index in [1.807, 2.05) is 59.3 Å². The highest BCUT2D eigenvalue weighted by atomic mass is 16.5. The van der Waals surface area contributed by atoms with Crippen molar-refractivity contribution in [3.8, 4) is 11.4 Å². The van der Waals surface area contributed by atoms with Crippen LogP contribution < -0.4 is 10.1 Å². The molecule has 1 aromatic heterocycles. The van der Waals surface area contributed by atoms with Gasteiger partial charge in [-0.25, -0.2) is 9.48 Å². The first-order chi connectivity index (χ1) is 13.7. The number of para-hydroxylation sites is 1. The lowest BCUT2D eigenvalue weighted by atomic mass is 10.2. The number of fused-ring (bicyclic) bond motifs is 1. The number of rotatable bonds is 5. The van der Waals surface area contributed by atoms with Crippen LogP contribution in [0.25, 0.3) is 5.69 Å². The number of nitrogens with one attached hydrogen (secondary N) is 1. The number of benzene rings is 2. The fraction of sp³-hybridized carbons (Fsp3) is 0.273. The highest BCUT2D eigenvalue weighted by Gasteiger charge is 2.25. The molecule has 2 amide bonds. The van der Waals surface area contributed by atoms with E-state index in [2.05, 4.69) is 5.32 Å². The van der Waals surface area contributed by atoms with Crippen molar-refractivity contribution in [2.24, 2.45) is 0 Å². The molecule has 0 spiro atoms. The Hall–Kier alpha value is -3.28. The molecule has 1 aliphatic carbocycles. The Morgan fingerprint density at radius 3 is 2.61 bits per heavy atom. The van der Waals surface area contributed by atoms with E-state index in [0.717, 1.165) is 53.3 Å². The van der Waals surface area contributed by atoms with Crippen LogP contribution in [0, 0.1) is 0 Å². The molecule has 4 rings (SSSR count). The van der Waals surface area contributed by atoms with E-state index in [1.54, 1.807) is 19.1 Å². The minimum absolute atomic E-state index is 0.150. The SMILES string of the molecule is COc1ccc(CN(C)C(=O)Nc2c3c(nn2-c2ccccc2)CCC3)cc1. The van der Waals surface area contributed by atoms with Gasteiger partial charge in [-0.3, -0.25) is 5.32 Å². The molecular weight excluding hydrogens is 352 g/mol. The van der Waals surface area contributed by atoms with Gasteiger partial charge in [-0.2, -0.15) is 5.10 Å². The molecule has 0 saturated carbocycles. The molecule has 0 aliphatic heterocycles. The molecule has 3 aromatic rings. The van der Waals surface area contributed by atoms with Gasteiger partial charge in [0.25, 0.3) is 0 Å². The molecule has 6 heteroatoms. The fourth-order valence-electron chi connectivity index (χ4n) is 3.55. The normalized spacial score (nSPS) is 12.5. The van der Waals surface area contributed by atoms with E-state index in [4.69, 9.17) is 9.84 Å². The van der Waals surface area contributed by atoms with Gasteiger partial charge in [-0.1, -0.05) is 30.3 Å².